The first-order valence-electron chi connectivity index (χ1n) is 15.5. The van der Waals surface area contributed by atoms with Gasteiger partial charge in [-0.3, -0.25) is 13.9 Å². The predicted molar refractivity (Wildman–Crippen MR) is 190 cm³/mol. The molecule has 8 nitrogen and oxygen atoms in total. The van der Waals surface area contributed by atoms with Crippen molar-refractivity contribution in [1.29, 1.82) is 0 Å². The third-order valence-electron chi connectivity index (χ3n) is 8.02. The molecule has 2 unspecified atom stereocenters. The number of benzene rings is 4. The fourth-order valence-corrected chi connectivity index (χ4v) is 7.31. The molecule has 2 atom stereocenters. The molecule has 0 fully saturated rings. The molecule has 1 N–H and O–H groups in total. The molecule has 0 bridgehead atoms. The second-order valence-electron chi connectivity index (χ2n) is 11.7. The van der Waals surface area contributed by atoms with Gasteiger partial charge in [-0.1, -0.05) is 84.8 Å². The maximum Gasteiger partial charge on any atom is 0.264 e. The van der Waals surface area contributed by atoms with Crippen LogP contribution in [0.2, 0.25) is 0 Å². The van der Waals surface area contributed by atoms with E-state index in [1.54, 1.807) is 30.3 Å². The molecule has 0 aliphatic carbocycles. The van der Waals surface area contributed by atoms with Crippen LogP contribution < -0.4 is 14.4 Å². The Kier molecular flexibility index (Phi) is 12.2. The highest BCUT2D eigenvalue weighted by atomic mass is 79.9. The SMILES string of the molecule is CCC(C)NC(=O)C(Cc1ccccc1)N(Cc1cccc(C)c1)C(=O)CN(c1ccc(C)cc1)S(=O)(=O)c1ccc(OC)c(Br)c1. The minimum atomic E-state index is -4.25. The normalized spacial score (nSPS) is 12.6. The van der Waals surface area contributed by atoms with Crippen LogP contribution in [0, 0.1) is 13.8 Å². The van der Waals surface area contributed by atoms with E-state index in [1.165, 1.54) is 24.1 Å². The summed E-state index contributed by atoms with van der Waals surface area (Å²) in [7, 11) is -2.75. The lowest BCUT2D eigenvalue weighted by Crippen LogP contribution is -2.54. The van der Waals surface area contributed by atoms with Crippen LogP contribution in [0.15, 0.2) is 106 Å². The van der Waals surface area contributed by atoms with Gasteiger partial charge in [-0.15, -0.1) is 0 Å². The summed E-state index contributed by atoms with van der Waals surface area (Å²) >= 11 is 3.40. The molecule has 0 aliphatic rings. The average molecular weight is 721 g/mol. The number of sulfonamides is 1. The summed E-state index contributed by atoms with van der Waals surface area (Å²) in [5.74, 6) is -0.334. The van der Waals surface area contributed by atoms with Crippen molar-refractivity contribution in [1.82, 2.24) is 10.2 Å². The van der Waals surface area contributed by atoms with Gasteiger partial charge in [0.25, 0.3) is 10.0 Å². The van der Waals surface area contributed by atoms with Crippen molar-refractivity contribution in [2.45, 2.75) is 64.1 Å². The molecular formula is C37H42BrN3O5S. The van der Waals surface area contributed by atoms with Crippen molar-refractivity contribution in [2.75, 3.05) is 18.0 Å². The minimum Gasteiger partial charge on any atom is -0.496 e. The van der Waals surface area contributed by atoms with Gasteiger partial charge in [0.05, 0.1) is 22.2 Å². The lowest BCUT2D eigenvalue weighted by atomic mass is 10.0. The largest absolute Gasteiger partial charge is 0.496 e. The number of carbonyl (C=O) groups is 2. The van der Waals surface area contributed by atoms with Crippen LogP contribution in [0.4, 0.5) is 5.69 Å². The van der Waals surface area contributed by atoms with Gasteiger partial charge in [0.2, 0.25) is 11.8 Å². The molecular weight excluding hydrogens is 678 g/mol. The van der Waals surface area contributed by atoms with Crippen molar-refractivity contribution in [3.05, 3.63) is 124 Å². The second kappa shape index (κ2) is 16.1. The maximum absolute atomic E-state index is 14.6. The number of nitrogens with one attached hydrogen (secondary N) is 1. The molecule has 2 amide bonds. The van der Waals surface area contributed by atoms with Gasteiger partial charge in [-0.2, -0.15) is 0 Å². The van der Waals surface area contributed by atoms with E-state index in [0.717, 1.165) is 26.6 Å². The second-order valence-corrected chi connectivity index (χ2v) is 14.4. The van der Waals surface area contributed by atoms with E-state index in [1.807, 2.05) is 82.3 Å². The monoisotopic (exact) mass is 719 g/mol. The van der Waals surface area contributed by atoms with Crippen molar-refractivity contribution in [2.24, 2.45) is 0 Å². The maximum atomic E-state index is 14.6. The third-order valence-corrected chi connectivity index (χ3v) is 10.4. The summed E-state index contributed by atoms with van der Waals surface area (Å²) in [5.41, 5.74) is 3.99. The first-order chi connectivity index (χ1) is 22.4. The van der Waals surface area contributed by atoms with E-state index in [-0.39, 0.29) is 29.8 Å². The standard InChI is InChI=1S/C37H42BrN3O5S/c1-6-28(4)39-37(43)34(22-29-12-8-7-9-13-29)40(24-30-14-10-11-27(3)21-30)36(42)25-41(31-17-15-26(2)16-18-31)47(44,45)32-19-20-35(46-5)33(38)23-32/h7-21,23,28,34H,6,22,24-25H2,1-5H3,(H,39,43). The number of ether oxygens (including phenoxy) is 1. The van der Waals surface area contributed by atoms with E-state index >= 15 is 0 Å². The summed E-state index contributed by atoms with van der Waals surface area (Å²) in [5, 5.41) is 3.07. The Labute approximate surface area is 286 Å². The summed E-state index contributed by atoms with van der Waals surface area (Å²) in [6.07, 6.45) is 0.968. The molecule has 0 spiro atoms. The zero-order valence-corrected chi connectivity index (χ0v) is 29.8. The third kappa shape index (κ3) is 9.23. The highest BCUT2D eigenvalue weighted by Gasteiger charge is 2.35. The van der Waals surface area contributed by atoms with Gasteiger partial charge in [0.15, 0.2) is 0 Å². The number of carbonyl (C=O) groups excluding carboxylic acids is 2. The van der Waals surface area contributed by atoms with Crippen LogP contribution in [0.25, 0.3) is 0 Å². The van der Waals surface area contributed by atoms with E-state index in [2.05, 4.69) is 21.2 Å². The molecule has 4 aromatic carbocycles. The number of hydrogen-bond donors (Lipinski definition) is 1. The number of rotatable bonds is 14. The summed E-state index contributed by atoms with van der Waals surface area (Å²) < 4.78 is 35.5. The molecule has 0 aromatic heterocycles. The molecule has 47 heavy (non-hydrogen) atoms. The number of halogens is 1. The topological polar surface area (TPSA) is 96.0 Å². The Morgan fingerprint density at radius 3 is 2.17 bits per heavy atom. The molecule has 0 saturated carbocycles. The number of amides is 2. The average Bonchev–Trinajstić information content (AvgIpc) is 3.05. The van der Waals surface area contributed by atoms with E-state index in [0.29, 0.717) is 22.3 Å². The van der Waals surface area contributed by atoms with Crippen LogP contribution in [-0.2, 0) is 32.6 Å². The molecule has 0 aliphatic heterocycles. The fourth-order valence-electron chi connectivity index (χ4n) is 5.18. The molecule has 0 saturated heterocycles. The Morgan fingerprint density at radius 2 is 1.55 bits per heavy atom. The Balaban J connectivity index is 1.82. The zero-order valence-electron chi connectivity index (χ0n) is 27.4. The summed E-state index contributed by atoms with van der Waals surface area (Å²) in [6.45, 7) is 7.36. The molecule has 10 heteroatoms. The van der Waals surface area contributed by atoms with Gasteiger partial charge < -0.3 is 15.0 Å². The van der Waals surface area contributed by atoms with E-state index in [4.69, 9.17) is 4.74 Å². The van der Waals surface area contributed by atoms with Gasteiger partial charge in [-0.25, -0.2) is 8.42 Å². The van der Waals surface area contributed by atoms with Gasteiger partial charge >= 0.3 is 0 Å². The van der Waals surface area contributed by atoms with Crippen LogP contribution in [0.1, 0.15) is 42.5 Å². The number of hydrogen-bond acceptors (Lipinski definition) is 5. The number of methoxy groups -OCH3 is 1. The highest BCUT2D eigenvalue weighted by molar-refractivity contribution is 9.10. The van der Waals surface area contributed by atoms with Crippen LogP contribution in [0.3, 0.4) is 0 Å². The Bertz CT molecular complexity index is 1780. The summed E-state index contributed by atoms with van der Waals surface area (Å²) in [6, 6.07) is 27.7. The first-order valence-corrected chi connectivity index (χ1v) is 17.8. The molecule has 0 radical (unpaired) electrons. The van der Waals surface area contributed by atoms with Crippen molar-refractivity contribution >= 4 is 43.5 Å². The number of aryl methyl sites for hydroxylation is 2. The Morgan fingerprint density at radius 1 is 0.872 bits per heavy atom. The predicted octanol–water partition coefficient (Wildman–Crippen LogP) is 6.82. The van der Waals surface area contributed by atoms with Gasteiger partial charge in [0.1, 0.15) is 18.3 Å². The van der Waals surface area contributed by atoms with Crippen LogP contribution >= 0.6 is 15.9 Å². The van der Waals surface area contributed by atoms with Crippen molar-refractivity contribution < 1.29 is 22.7 Å². The Hall–Kier alpha value is -4.15. The lowest BCUT2D eigenvalue weighted by Gasteiger charge is -2.34. The lowest BCUT2D eigenvalue weighted by molar-refractivity contribution is -0.140. The quantitative estimate of drug-likeness (QED) is 0.154. The zero-order chi connectivity index (χ0) is 34.1. The van der Waals surface area contributed by atoms with Gasteiger partial charge in [0, 0.05) is 19.0 Å². The first kappa shape index (κ1) is 35.7. The molecule has 248 valence electrons. The summed E-state index contributed by atoms with van der Waals surface area (Å²) in [4.78, 5) is 30.1. The fraction of sp³-hybridized carbons (Fsp3) is 0.297. The van der Waals surface area contributed by atoms with E-state index in [9.17, 15) is 18.0 Å². The van der Waals surface area contributed by atoms with Crippen molar-refractivity contribution in [3.63, 3.8) is 0 Å². The van der Waals surface area contributed by atoms with Crippen LogP contribution in [-0.4, -0.2) is 50.9 Å². The van der Waals surface area contributed by atoms with Crippen molar-refractivity contribution in [3.8, 4) is 5.75 Å². The number of nitrogens with zero attached hydrogens (tertiary/aromatic N) is 2. The highest BCUT2D eigenvalue weighted by Crippen LogP contribution is 2.31. The molecule has 0 heterocycles. The van der Waals surface area contributed by atoms with Crippen LogP contribution in [0.5, 0.6) is 5.75 Å². The smallest absolute Gasteiger partial charge is 0.264 e. The molecule has 4 aromatic rings. The minimum absolute atomic E-state index is 0.0147. The number of anilines is 1. The van der Waals surface area contributed by atoms with E-state index < -0.39 is 28.5 Å². The molecule has 4 rings (SSSR count). The van der Waals surface area contributed by atoms with Gasteiger partial charge in [-0.05, 0) is 84.6 Å².